The zero-order valence-electron chi connectivity index (χ0n) is 9.13. The Morgan fingerprint density at radius 2 is 2.38 bits per heavy atom. The summed E-state index contributed by atoms with van der Waals surface area (Å²) >= 11 is 0. The molecule has 0 saturated carbocycles. The van der Waals surface area contributed by atoms with E-state index in [9.17, 15) is 0 Å². The Bertz CT molecular complexity index is 522. The molecule has 3 heterocycles. The fraction of sp³-hybridized carbons (Fsp3) is 0.455. The molecule has 1 aliphatic rings. The van der Waals surface area contributed by atoms with Gasteiger partial charge in [-0.25, -0.2) is 9.97 Å². The summed E-state index contributed by atoms with van der Waals surface area (Å²) in [4.78, 5) is 8.90. The van der Waals surface area contributed by atoms with Crippen LogP contribution in [0, 0.1) is 0 Å². The molecule has 1 saturated heterocycles. The van der Waals surface area contributed by atoms with Gasteiger partial charge in [0.1, 0.15) is 11.3 Å². The standard InChI is InChI=1S/C11H14N4O/c1-15-10(7-5-16-6-8(7)12)14-9-3-2-4-13-11(9)15/h2-4,7-8H,5-6,12H2,1H3. The van der Waals surface area contributed by atoms with E-state index in [0.717, 1.165) is 17.0 Å². The van der Waals surface area contributed by atoms with Crippen molar-refractivity contribution < 1.29 is 4.74 Å². The van der Waals surface area contributed by atoms with Crippen molar-refractivity contribution in [2.45, 2.75) is 12.0 Å². The molecule has 5 nitrogen and oxygen atoms in total. The van der Waals surface area contributed by atoms with Gasteiger partial charge < -0.3 is 15.0 Å². The largest absolute Gasteiger partial charge is 0.379 e. The van der Waals surface area contributed by atoms with Crippen molar-refractivity contribution in [3.8, 4) is 0 Å². The van der Waals surface area contributed by atoms with E-state index in [2.05, 4.69) is 9.97 Å². The first-order valence-electron chi connectivity index (χ1n) is 5.38. The highest BCUT2D eigenvalue weighted by Gasteiger charge is 2.30. The Balaban J connectivity index is 2.13. The fourth-order valence-corrected chi connectivity index (χ4v) is 2.21. The van der Waals surface area contributed by atoms with Crippen LogP contribution >= 0.6 is 0 Å². The van der Waals surface area contributed by atoms with Crippen molar-refractivity contribution in [2.24, 2.45) is 12.8 Å². The molecular formula is C11H14N4O. The predicted molar refractivity (Wildman–Crippen MR) is 60.0 cm³/mol. The van der Waals surface area contributed by atoms with Crippen molar-refractivity contribution in [3.05, 3.63) is 24.2 Å². The van der Waals surface area contributed by atoms with Gasteiger partial charge >= 0.3 is 0 Å². The predicted octanol–water partition coefficient (Wildman–Crippen LogP) is 0.409. The second-order valence-electron chi connectivity index (χ2n) is 4.18. The molecule has 1 aliphatic heterocycles. The summed E-state index contributed by atoms with van der Waals surface area (Å²) in [5.74, 6) is 1.15. The topological polar surface area (TPSA) is 66.0 Å². The minimum absolute atomic E-state index is 0.0375. The van der Waals surface area contributed by atoms with E-state index in [4.69, 9.17) is 10.5 Å². The highest BCUT2D eigenvalue weighted by molar-refractivity contribution is 5.71. The molecule has 1 fully saturated rings. The smallest absolute Gasteiger partial charge is 0.159 e. The lowest BCUT2D eigenvalue weighted by molar-refractivity contribution is 0.190. The van der Waals surface area contributed by atoms with Gasteiger partial charge in [0.05, 0.1) is 19.1 Å². The zero-order chi connectivity index (χ0) is 11.1. The third-order valence-corrected chi connectivity index (χ3v) is 3.12. The number of nitrogens with two attached hydrogens (primary N) is 1. The van der Waals surface area contributed by atoms with Gasteiger partial charge in [0.15, 0.2) is 5.65 Å². The number of imidazole rings is 1. The quantitative estimate of drug-likeness (QED) is 0.753. The number of aromatic nitrogens is 3. The average Bonchev–Trinajstić information content (AvgIpc) is 2.84. The van der Waals surface area contributed by atoms with Gasteiger partial charge in [-0.2, -0.15) is 0 Å². The Hall–Kier alpha value is -1.46. The Morgan fingerprint density at radius 1 is 1.50 bits per heavy atom. The molecule has 2 aromatic rings. The van der Waals surface area contributed by atoms with E-state index in [-0.39, 0.29) is 12.0 Å². The molecule has 0 aliphatic carbocycles. The Labute approximate surface area is 93.2 Å². The average molecular weight is 218 g/mol. The van der Waals surface area contributed by atoms with Crippen LogP contribution in [-0.2, 0) is 11.8 Å². The monoisotopic (exact) mass is 218 g/mol. The number of ether oxygens (including phenoxy) is 1. The van der Waals surface area contributed by atoms with Crippen LogP contribution in [0.25, 0.3) is 11.2 Å². The van der Waals surface area contributed by atoms with E-state index in [1.54, 1.807) is 6.20 Å². The van der Waals surface area contributed by atoms with E-state index in [0.29, 0.717) is 13.2 Å². The van der Waals surface area contributed by atoms with Crippen LogP contribution in [0.15, 0.2) is 18.3 Å². The molecule has 2 aromatic heterocycles. The van der Waals surface area contributed by atoms with Gasteiger partial charge in [-0.1, -0.05) is 0 Å². The normalized spacial score (nSPS) is 25.4. The maximum absolute atomic E-state index is 6.00. The summed E-state index contributed by atoms with van der Waals surface area (Å²) in [6.07, 6.45) is 1.78. The molecule has 84 valence electrons. The van der Waals surface area contributed by atoms with Gasteiger partial charge in [-0.3, -0.25) is 0 Å². The van der Waals surface area contributed by atoms with Crippen LogP contribution in [0.5, 0.6) is 0 Å². The molecule has 0 radical (unpaired) electrons. The van der Waals surface area contributed by atoms with Gasteiger partial charge in [0, 0.05) is 19.3 Å². The summed E-state index contributed by atoms with van der Waals surface area (Å²) in [5, 5.41) is 0. The molecular weight excluding hydrogens is 204 g/mol. The highest BCUT2D eigenvalue weighted by Crippen LogP contribution is 2.25. The SMILES string of the molecule is Cn1c(C2COCC2N)nc2cccnc21. The van der Waals surface area contributed by atoms with Gasteiger partial charge in [0.2, 0.25) is 0 Å². The van der Waals surface area contributed by atoms with Gasteiger partial charge in [0.25, 0.3) is 0 Å². The number of pyridine rings is 1. The highest BCUT2D eigenvalue weighted by atomic mass is 16.5. The lowest BCUT2D eigenvalue weighted by Crippen LogP contribution is -2.28. The van der Waals surface area contributed by atoms with Crippen molar-refractivity contribution in [2.75, 3.05) is 13.2 Å². The summed E-state index contributed by atoms with van der Waals surface area (Å²) in [6, 6.07) is 3.90. The van der Waals surface area contributed by atoms with Crippen LogP contribution in [0.3, 0.4) is 0 Å². The Kier molecular flexibility index (Phi) is 2.15. The number of hydrogen-bond acceptors (Lipinski definition) is 4. The van der Waals surface area contributed by atoms with Crippen molar-refractivity contribution in [1.29, 1.82) is 0 Å². The van der Waals surface area contributed by atoms with Crippen LogP contribution in [-0.4, -0.2) is 33.8 Å². The number of nitrogens with zero attached hydrogens (tertiary/aromatic N) is 3. The molecule has 2 N–H and O–H groups in total. The number of hydrogen-bond donors (Lipinski definition) is 1. The second-order valence-corrected chi connectivity index (χ2v) is 4.18. The zero-order valence-corrected chi connectivity index (χ0v) is 9.13. The fourth-order valence-electron chi connectivity index (χ4n) is 2.21. The lowest BCUT2D eigenvalue weighted by Gasteiger charge is -2.12. The minimum atomic E-state index is 0.0375. The third kappa shape index (κ3) is 1.32. The van der Waals surface area contributed by atoms with E-state index >= 15 is 0 Å². The maximum atomic E-state index is 6.00. The molecule has 2 unspecified atom stereocenters. The van der Waals surface area contributed by atoms with Crippen LogP contribution in [0.4, 0.5) is 0 Å². The third-order valence-electron chi connectivity index (χ3n) is 3.12. The van der Waals surface area contributed by atoms with E-state index in [1.807, 2.05) is 23.7 Å². The van der Waals surface area contributed by atoms with E-state index < -0.39 is 0 Å². The molecule has 5 heteroatoms. The Morgan fingerprint density at radius 3 is 3.06 bits per heavy atom. The maximum Gasteiger partial charge on any atom is 0.159 e. The summed E-state index contributed by atoms with van der Waals surface area (Å²) < 4.78 is 7.38. The number of fused-ring (bicyclic) bond motifs is 1. The first-order chi connectivity index (χ1) is 7.77. The van der Waals surface area contributed by atoms with Crippen molar-refractivity contribution in [1.82, 2.24) is 14.5 Å². The summed E-state index contributed by atoms with van der Waals surface area (Å²) in [6.45, 7) is 1.26. The lowest BCUT2D eigenvalue weighted by atomic mass is 10.0. The first kappa shape index (κ1) is 9.74. The molecule has 0 aromatic carbocycles. The van der Waals surface area contributed by atoms with Crippen molar-refractivity contribution >= 4 is 11.2 Å². The molecule has 0 spiro atoms. The number of rotatable bonds is 1. The van der Waals surface area contributed by atoms with E-state index in [1.165, 1.54) is 0 Å². The minimum Gasteiger partial charge on any atom is -0.379 e. The van der Waals surface area contributed by atoms with Gasteiger partial charge in [-0.15, -0.1) is 0 Å². The molecule has 2 atom stereocenters. The van der Waals surface area contributed by atoms with Crippen molar-refractivity contribution in [3.63, 3.8) is 0 Å². The molecule has 0 amide bonds. The van der Waals surface area contributed by atoms with Crippen LogP contribution in [0.2, 0.25) is 0 Å². The second kappa shape index (κ2) is 3.54. The molecule has 0 bridgehead atoms. The van der Waals surface area contributed by atoms with Crippen LogP contribution in [0.1, 0.15) is 11.7 Å². The number of aryl methyl sites for hydroxylation is 1. The summed E-state index contributed by atoms with van der Waals surface area (Å²) in [7, 11) is 1.97. The first-order valence-corrected chi connectivity index (χ1v) is 5.38. The van der Waals surface area contributed by atoms with Gasteiger partial charge in [-0.05, 0) is 12.1 Å². The molecule has 3 rings (SSSR count). The summed E-state index contributed by atoms with van der Waals surface area (Å²) in [5.41, 5.74) is 7.82. The molecule has 16 heavy (non-hydrogen) atoms. The van der Waals surface area contributed by atoms with Crippen LogP contribution < -0.4 is 5.73 Å².